The standard InChI is InChI=1S/C45H29N3/c1-4-14-30(15-5-1)38-28-39-43(36-21-11-10-20-35(36)38)37-22-12-13-23-40(37)46-44(39)33-24-26-34(27-25-33)45-47-41(31-16-6-2-7-17-31)29-42(48-45)32-18-8-3-9-19-32/h1-29H. The van der Waals surface area contributed by atoms with E-state index in [2.05, 4.69) is 140 Å². The number of hydrogen-bond donors (Lipinski definition) is 0. The van der Waals surface area contributed by atoms with E-state index < -0.39 is 0 Å². The second-order valence-corrected chi connectivity index (χ2v) is 12.0. The molecule has 7 aromatic carbocycles. The van der Waals surface area contributed by atoms with E-state index in [0.717, 1.165) is 55.6 Å². The average molecular weight is 612 g/mol. The number of fused-ring (bicyclic) bond motifs is 5. The van der Waals surface area contributed by atoms with Gasteiger partial charge >= 0.3 is 0 Å². The quantitative estimate of drug-likeness (QED) is 0.182. The number of hydrogen-bond acceptors (Lipinski definition) is 3. The third kappa shape index (κ3) is 4.90. The lowest BCUT2D eigenvalue weighted by atomic mass is 9.90. The summed E-state index contributed by atoms with van der Waals surface area (Å²) in [7, 11) is 0. The maximum atomic E-state index is 5.29. The summed E-state index contributed by atoms with van der Waals surface area (Å²) in [6, 6.07) is 61.4. The monoisotopic (exact) mass is 611 g/mol. The van der Waals surface area contributed by atoms with E-state index in [-0.39, 0.29) is 0 Å². The topological polar surface area (TPSA) is 38.7 Å². The Labute approximate surface area is 278 Å². The molecule has 0 N–H and O–H groups in total. The minimum atomic E-state index is 0.690. The minimum Gasteiger partial charge on any atom is -0.247 e. The van der Waals surface area contributed by atoms with Crippen molar-refractivity contribution in [2.24, 2.45) is 0 Å². The van der Waals surface area contributed by atoms with E-state index in [1.165, 1.54) is 27.3 Å². The van der Waals surface area contributed by atoms with E-state index in [1.807, 2.05) is 36.4 Å². The highest BCUT2D eigenvalue weighted by molar-refractivity contribution is 6.25. The Balaban J connectivity index is 1.24. The van der Waals surface area contributed by atoms with Gasteiger partial charge in [-0.15, -0.1) is 0 Å². The van der Waals surface area contributed by atoms with Crippen LogP contribution in [0.2, 0.25) is 0 Å². The van der Waals surface area contributed by atoms with E-state index >= 15 is 0 Å². The van der Waals surface area contributed by atoms with Crippen LogP contribution in [0.5, 0.6) is 0 Å². The highest BCUT2D eigenvalue weighted by Crippen LogP contribution is 2.41. The summed E-state index contributed by atoms with van der Waals surface area (Å²) >= 11 is 0. The van der Waals surface area contributed by atoms with Crippen molar-refractivity contribution < 1.29 is 0 Å². The molecular weight excluding hydrogens is 583 g/mol. The molecule has 0 fully saturated rings. The molecular formula is C45H29N3. The van der Waals surface area contributed by atoms with E-state index in [0.29, 0.717) is 5.82 Å². The van der Waals surface area contributed by atoms with Gasteiger partial charge in [-0.2, -0.15) is 0 Å². The molecule has 224 valence electrons. The number of pyridine rings is 1. The molecule has 48 heavy (non-hydrogen) atoms. The van der Waals surface area contributed by atoms with Crippen LogP contribution in [0.1, 0.15) is 0 Å². The first kappa shape index (κ1) is 27.8. The highest BCUT2D eigenvalue weighted by Gasteiger charge is 2.17. The fourth-order valence-electron chi connectivity index (χ4n) is 6.76. The number of para-hydroxylation sites is 1. The Hall–Kier alpha value is -6.45. The molecule has 9 aromatic rings. The fraction of sp³-hybridized carbons (Fsp3) is 0. The first-order chi connectivity index (χ1) is 23.8. The maximum absolute atomic E-state index is 5.29. The van der Waals surface area contributed by atoms with Crippen molar-refractivity contribution in [2.75, 3.05) is 0 Å². The largest absolute Gasteiger partial charge is 0.247 e. The molecule has 0 unspecified atom stereocenters. The number of benzene rings is 7. The van der Waals surface area contributed by atoms with Gasteiger partial charge in [0, 0.05) is 38.4 Å². The summed E-state index contributed by atoms with van der Waals surface area (Å²) in [4.78, 5) is 15.4. The molecule has 0 amide bonds. The molecule has 0 saturated carbocycles. The van der Waals surface area contributed by atoms with E-state index in [1.54, 1.807) is 0 Å². The van der Waals surface area contributed by atoms with Crippen molar-refractivity contribution in [1.82, 2.24) is 15.0 Å². The van der Waals surface area contributed by atoms with Gasteiger partial charge in [-0.05, 0) is 40.1 Å². The van der Waals surface area contributed by atoms with Crippen molar-refractivity contribution in [1.29, 1.82) is 0 Å². The van der Waals surface area contributed by atoms with Crippen LogP contribution < -0.4 is 0 Å². The molecule has 2 heterocycles. The van der Waals surface area contributed by atoms with Gasteiger partial charge in [0.1, 0.15) is 0 Å². The van der Waals surface area contributed by atoms with Crippen LogP contribution in [-0.2, 0) is 0 Å². The summed E-state index contributed by atoms with van der Waals surface area (Å²) < 4.78 is 0. The van der Waals surface area contributed by atoms with Gasteiger partial charge in [-0.25, -0.2) is 15.0 Å². The Morgan fingerprint density at radius 3 is 1.44 bits per heavy atom. The molecule has 0 aliphatic rings. The first-order valence-corrected chi connectivity index (χ1v) is 16.2. The molecule has 0 spiro atoms. The Morgan fingerprint density at radius 1 is 0.312 bits per heavy atom. The Kier molecular flexibility index (Phi) is 6.80. The van der Waals surface area contributed by atoms with Crippen molar-refractivity contribution in [3.63, 3.8) is 0 Å². The van der Waals surface area contributed by atoms with Crippen molar-refractivity contribution in [3.8, 4) is 56.3 Å². The van der Waals surface area contributed by atoms with Crippen LogP contribution in [0.15, 0.2) is 176 Å². The van der Waals surface area contributed by atoms with Crippen molar-refractivity contribution in [3.05, 3.63) is 176 Å². The molecule has 9 rings (SSSR count). The smallest absolute Gasteiger partial charge is 0.160 e. The molecule has 0 atom stereocenters. The van der Waals surface area contributed by atoms with Crippen LogP contribution in [-0.4, -0.2) is 15.0 Å². The summed E-state index contributed by atoms with van der Waals surface area (Å²) in [6.45, 7) is 0. The zero-order valence-corrected chi connectivity index (χ0v) is 26.1. The van der Waals surface area contributed by atoms with Gasteiger partial charge in [0.15, 0.2) is 5.82 Å². The van der Waals surface area contributed by atoms with Crippen LogP contribution in [0, 0.1) is 0 Å². The van der Waals surface area contributed by atoms with Gasteiger partial charge in [0.05, 0.1) is 22.6 Å². The third-order valence-corrected chi connectivity index (χ3v) is 9.07. The summed E-state index contributed by atoms with van der Waals surface area (Å²) in [6.07, 6.45) is 0. The second-order valence-electron chi connectivity index (χ2n) is 12.0. The van der Waals surface area contributed by atoms with Gasteiger partial charge in [0.2, 0.25) is 0 Å². The molecule has 0 aliphatic carbocycles. The van der Waals surface area contributed by atoms with Crippen LogP contribution in [0.3, 0.4) is 0 Å². The lowest BCUT2D eigenvalue weighted by Gasteiger charge is -2.16. The van der Waals surface area contributed by atoms with Gasteiger partial charge in [0.25, 0.3) is 0 Å². The van der Waals surface area contributed by atoms with Crippen LogP contribution >= 0.6 is 0 Å². The molecule has 0 radical (unpaired) electrons. The zero-order chi connectivity index (χ0) is 31.9. The fourth-order valence-corrected chi connectivity index (χ4v) is 6.76. The van der Waals surface area contributed by atoms with Crippen LogP contribution in [0.25, 0.3) is 88.7 Å². The van der Waals surface area contributed by atoms with Gasteiger partial charge in [-0.1, -0.05) is 158 Å². The van der Waals surface area contributed by atoms with Gasteiger partial charge in [-0.3, -0.25) is 0 Å². The number of nitrogens with zero attached hydrogens (tertiary/aromatic N) is 3. The maximum Gasteiger partial charge on any atom is 0.160 e. The molecule has 3 heteroatoms. The lowest BCUT2D eigenvalue weighted by molar-refractivity contribution is 1.18. The number of rotatable bonds is 5. The normalized spacial score (nSPS) is 11.3. The average Bonchev–Trinajstić information content (AvgIpc) is 3.18. The predicted molar refractivity (Wildman–Crippen MR) is 200 cm³/mol. The third-order valence-electron chi connectivity index (χ3n) is 9.07. The highest BCUT2D eigenvalue weighted by atomic mass is 14.9. The van der Waals surface area contributed by atoms with Gasteiger partial charge < -0.3 is 0 Å². The summed E-state index contributed by atoms with van der Waals surface area (Å²) in [5, 5.41) is 5.97. The Bertz CT molecular complexity index is 2520. The second kappa shape index (κ2) is 11.7. The molecule has 2 aromatic heterocycles. The van der Waals surface area contributed by atoms with E-state index in [9.17, 15) is 0 Å². The Morgan fingerprint density at radius 2 is 0.812 bits per heavy atom. The molecule has 0 saturated heterocycles. The zero-order valence-electron chi connectivity index (χ0n) is 26.1. The predicted octanol–water partition coefficient (Wildman–Crippen LogP) is 11.7. The summed E-state index contributed by atoms with van der Waals surface area (Å²) in [5.74, 6) is 0.690. The SMILES string of the molecule is c1ccc(-c2cc(-c3ccccc3)nc(-c3ccc(-c4nc5ccccc5c5c4cc(-c4ccccc4)c4ccccc45)cc3)n2)cc1. The van der Waals surface area contributed by atoms with Crippen molar-refractivity contribution in [2.45, 2.75) is 0 Å². The number of aromatic nitrogens is 3. The molecule has 0 aliphatic heterocycles. The van der Waals surface area contributed by atoms with Crippen molar-refractivity contribution >= 4 is 32.4 Å². The lowest BCUT2D eigenvalue weighted by Crippen LogP contribution is -1.96. The van der Waals surface area contributed by atoms with Crippen LogP contribution in [0.4, 0.5) is 0 Å². The summed E-state index contributed by atoms with van der Waals surface area (Å²) in [5.41, 5.74) is 10.2. The minimum absolute atomic E-state index is 0.690. The first-order valence-electron chi connectivity index (χ1n) is 16.2. The molecule has 0 bridgehead atoms. The van der Waals surface area contributed by atoms with E-state index in [4.69, 9.17) is 15.0 Å². The molecule has 3 nitrogen and oxygen atoms in total.